The van der Waals surface area contributed by atoms with Gasteiger partial charge in [-0.2, -0.15) is 0 Å². The van der Waals surface area contributed by atoms with Crippen molar-refractivity contribution in [1.82, 2.24) is 5.32 Å². The largest absolute Gasteiger partial charge is 0.394 e. The van der Waals surface area contributed by atoms with E-state index in [0.717, 1.165) is 128 Å². The van der Waals surface area contributed by atoms with Crippen LogP contribution in [-0.4, -0.2) is 140 Å². The van der Waals surface area contributed by atoms with Crippen LogP contribution in [0.1, 0.15) is 187 Å². The van der Waals surface area contributed by atoms with Gasteiger partial charge in [0, 0.05) is 6.42 Å². The van der Waals surface area contributed by atoms with Crippen molar-refractivity contribution in [1.29, 1.82) is 0 Å². The van der Waals surface area contributed by atoms with E-state index in [1.54, 1.807) is 6.08 Å². The van der Waals surface area contributed by atoms with Crippen molar-refractivity contribution in [3.8, 4) is 0 Å². The maximum atomic E-state index is 13.2. The van der Waals surface area contributed by atoms with Crippen molar-refractivity contribution < 1.29 is 64.6 Å². The summed E-state index contributed by atoms with van der Waals surface area (Å²) in [5, 5.41) is 86.9. The zero-order valence-electron chi connectivity index (χ0n) is 49.5. The Kier molecular flexibility index (Phi) is 45.8. The van der Waals surface area contributed by atoms with Crippen LogP contribution >= 0.6 is 0 Å². The van der Waals surface area contributed by atoms with Crippen LogP contribution in [0.2, 0.25) is 0 Å². The number of carbonyl (C=O) groups is 1. The number of aliphatic hydroxyl groups excluding tert-OH is 8. The van der Waals surface area contributed by atoms with Crippen LogP contribution in [0.3, 0.4) is 0 Å². The Bertz CT molecular complexity index is 1870. The topological polar surface area (TPSA) is 228 Å². The van der Waals surface area contributed by atoms with Crippen molar-refractivity contribution in [2.75, 3.05) is 19.8 Å². The van der Waals surface area contributed by atoms with Gasteiger partial charge in [0.25, 0.3) is 0 Å². The zero-order valence-corrected chi connectivity index (χ0v) is 49.5. The van der Waals surface area contributed by atoms with Crippen molar-refractivity contribution >= 4 is 5.91 Å². The number of carbonyl (C=O) groups excluding carboxylic acids is 1. The first-order valence-corrected chi connectivity index (χ1v) is 30.9. The molecule has 14 heteroatoms. The van der Waals surface area contributed by atoms with Crippen LogP contribution in [-0.2, 0) is 23.7 Å². The van der Waals surface area contributed by atoms with Crippen LogP contribution in [0, 0.1) is 0 Å². The minimum Gasteiger partial charge on any atom is -0.394 e. The first-order chi connectivity index (χ1) is 39.6. The second kappa shape index (κ2) is 50.6. The highest BCUT2D eigenvalue weighted by atomic mass is 16.7. The third-order valence-corrected chi connectivity index (χ3v) is 14.1. The van der Waals surface area contributed by atoms with Crippen molar-refractivity contribution in [2.45, 2.75) is 261 Å². The van der Waals surface area contributed by atoms with Gasteiger partial charge in [0.05, 0.1) is 32.0 Å². The molecule has 0 aliphatic carbocycles. The molecule has 2 heterocycles. The van der Waals surface area contributed by atoms with Gasteiger partial charge in [0.15, 0.2) is 12.6 Å². The third kappa shape index (κ3) is 35.8. The van der Waals surface area contributed by atoms with Gasteiger partial charge in [0.2, 0.25) is 5.91 Å². The highest BCUT2D eigenvalue weighted by molar-refractivity contribution is 5.76. The second-order valence-electron chi connectivity index (χ2n) is 21.1. The Morgan fingerprint density at radius 2 is 0.852 bits per heavy atom. The van der Waals surface area contributed by atoms with Crippen molar-refractivity contribution in [3.05, 3.63) is 134 Å². The summed E-state index contributed by atoms with van der Waals surface area (Å²) < 4.78 is 22.7. The lowest BCUT2D eigenvalue weighted by molar-refractivity contribution is -0.359. The first-order valence-electron chi connectivity index (χ1n) is 30.9. The monoisotopic (exact) mass is 1140 g/mol. The van der Waals surface area contributed by atoms with E-state index in [1.165, 1.54) is 32.1 Å². The third-order valence-electron chi connectivity index (χ3n) is 14.1. The molecule has 2 fully saturated rings. The molecule has 0 aromatic heterocycles. The average Bonchev–Trinajstić information content (AvgIpc) is 3.51. The molecule has 2 saturated heterocycles. The van der Waals surface area contributed by atoms with Gasteiger partial charge >= 0.3 is 0 Å². The van der Waals surface area contributed by atoms with Gasteiger partial charge in [-0.3, -0.25) is 4.79 Å². The standard InChI is InChI=1S/C67H109NO13/c1-3-5-7-9-11-13-15-16-17-18-19-20-21-22-23-24-25-26-27-28-29-30-31-32-33-34-35-36-37-38-39-40-41-43-45-47-49-51-59(72)68-55(56(71)50-48-46-44-42-14-12-10-8-6-4-2)54-78-66-64(77)62(75)65(58(53-70)80-66)81-67-63(76)61(74)60(73)57(52-69)79-67/h5,7,11,13,16-17,19-20,22-23,25-26,28-29,31-32,34-35,37-38,48,50,55-58,60-67,69-71,73-77H,3-4,6,8-10,12,14-15,18,21,24,27,30,33,36,39-47,49,51-54H2,1-2H3,(H,68,72)/b7-5-,13-11-,17-16-,20-19-,23-22-,26-25-,29-28-,32-31-,35-34-,38-37-,50-48+. The molecule has 2 rings (SSSR count). The molecule has 0 radical (unpaired) electrons. The molecule has 9 N–H and O–H groups in total. The fourth-order valence-electron chi connectivity index (χ4n) is 9.14. The highest BCUT2D eigenvalue weighted by Crippen LogP contribution is 2.30. The molecule has 81 heavy (non-hydrogen) atoms. The predicted octanol–water partition coefficient (Wildman–Crippen LogP) is 11.2. The summed E-state index contributed by atoms with van der Waals surface area (Å²) >= 11 is 0. The Hall–Kier alpha value is -3.87. The fourth-order valence-corrected chi connectivity index (χ4v) is 9.14. The predicted molar refractivity (Wildman–Crippen MR) is 327 cm³/mol. The molecule has 0 bridgehead atoms. The molecular weight excluding hydrogens is 1030 g/mol. The van der Waals surface area contributed by atoms with Crippen molar-refractivity contribution in [3.63, 3.8) is 0 Å². The molecule has 2 aliphatic rings. The lowest BCUT2D eigenvalue weighted by atomic mass is 9.97. The van der Waals surface area contributed by atoms with E-state index in [9.17, 15) is 45.6 Å². The van der Waals surface area contributed by atoms with E-state index in [1.807, 2.05) is 6.08 Å². The van der Waals surface area contributed by atoms with E-state index < -0.39 is 86.8 Å². The summed E-state index contributed by atoms with van der Waals surface area (Å²) in [4.78, 5) is 13.2. The van der Waals surface area contributed by atoms with E-state index in [0.29, 0.717) is 6.42 Å². The number of hydrogen-bond acceptors (Lipinski definition) is 13. The van der Waals surface area contributed by atoms with Crippen LogP contribution < -0.4 is 5.32 Å². The highest BCUT2D eigenvalue weighted by Gasteiger charge is 2.51. The number of amides is 1. The lowest BCUT2D eigenvalue weighted by Gasteiger charge is -2.46. The fraction of sp³-hybridized carbons (Fsp3) is 0.657. The Morgan fingerprint density at radius 1 is 0.457 bits per heavy atom. The summed E-state index contributed by atoms with van der Waals surface area (Å²) in [6, 6.07) is -0.931. The van der Waals surface area contributed by atoms with E-state index in [4.69, 9.17) is 18.9 Å². The molecule has 0 aromatic rings. The number of rotatable bonds is 47. The Balaban J connectivity index is 1.65. The number of nitrogens with one attached hydrogen (secondary N) is 1. The van der Waals surface area contributed by atoms with E-state index in [-0.39, 0.29) is 18.9 Å². The minimum atomic E-state index is -1.80. The molecule has 460 valence electrons. The maximum absolute atomic E-state index is 13.2. The number of ether oxygens (including phenoxy) is 4. The number of unbranched alkanes of at least 4 members (excludes halogenated alkanes) is 14. The Morgan fingerprint density at radius 3 is 1.31 bits per heavy atom. The maximum Gasteiger partial charge on any atom is 0.220 e. The normalized spacial score (nSPS) is 25.1. The second-order valence-corrected chi connectivity index (χ2v) is 21.1. The molecule has 12 unspecified atom stereocenters. The molecule has 2 aliphatic heterocycles. The van der Waals surface area contributed by atoms with E-state index in [2.05, 4.69) is 141 Å². The van der Waals surface area contributed by atoms with Gasteiger partial charge in [-0.25, -0.2) is 0 Å². The lowest BCUT2D eigenvalue weighted by Crippen LogP contribution is -2.65. The first kappa shape index (κ1) is 73.2. The molecule has 12 atom stereocenters. The molecule has 14 nitrogen and oxygen atoms in total. The van der Waals surface area contributed by atoms with Crippen LogP contribution in [0.4, 0.5) is 0 Å². The van der Waals surface area contributed by atoms with Gasteiger partial charge in [-0.15, -0.1) is 0 Å². The van der Waals surface area contributed by atoms with E-state index >= 15 is 0 Å². The van der Waals surface area contributed by atoms with Gasteiger partial charge in [-0.05, 0) is 96.3 Å². The minimum absolute atomic E-state index is 0.255. The van der Waals surface area contributed by atoms with Gasteiger partial charge in [-0.1, -0.05) is 218 Å². The molecule has 0 saturated carbocycles. The van der Waals surface area contributed by atoms with Crippen molar-refractivity contribution in [2.24, 2.45) is 0 Å². The SMILES string of the molecule is CC/C=C\C/C=C\C/C=C\C/C=C\C/C=C\C/C=C\C/C=C\C/C=C\C/C=C\C/C=C\CCCCCCCCC(=O)NC(COC1OC(CO)C(OC2OC(CO)C(O)C(O)C2O)C(O)C1O)C(O)/C=C/CCCCCCCCCC. The van der Waals surface area contributed by atoms with Gasteiger partial charge in [0.1, 0.15) is 48.8 Å². The van der Waals surface area contributed by atoms with Crippen LogP contribution in [0.15, 0.2) is 134 Å². The summed E-state index contributed by atoms with van der Waals surface area (Å²) in [5.74, 6) is -0.263. The summed E-state index contributed by atoms with van der Waals surface area (Å²) in [7, 11) is 0. The Labute approximate surface area is 488 Å². The van der Waals surface area contributed by atoms with Crippen LogP contribution in [0.5, 0.6) is 0 Å². The molecule has 0 aromatic carbocycles. The number of hydrogen-bond donors (Lipinski definition) is 9. The molecular formula is C67H109NO13. The zero-order chi connectivity index (χ0) is 58.8. The number of allylic oxidation sites excluding steroid dienone is 21. The smallest absolute Gasteiger partial charge is 0.220 e. The molecule has 1 amide bonds. The quantitative estimate of drug-likeness (QED) is 0.0204. The molecule has 0 spiro atoms. The number of aliphatic hydroxyl groups is 8. The summed E-state index contributed by atoms with van der Waals surface area (Å²) in [6.07, 6.45) is 58.0. The van der Waals surface area contributed by atoms with Gasteiger partial charge < -0.3 is 65.1 Å². The average molecular weight is 1140 g/mol. The summed E-state index contributed by atoms with van der Waals surface area (Å²) in [5.41, 5.74) is 0. The summed E-state index contributed by atoms with van der Waals surface area (Å²) in [6.45, 7) is 2.61. The van der Waals surface area contributed by atoms with Crippen LogP contribution in [0.25, 0.3) is 0 Å².